The van der Waals surface area contributed by atoms with Gasteiger partial charge in [0.2, 0.25) is 0 Å². The lowest BCUT2D eigenvalue weighted by atomic mass is 10.2. The molecule has 0 fully saturated rings. The minimum absolute atomic E-state index is 0.858. The maximum Gasteiger partial charge on any atom is 0.00187 e. The molecule has 0 saturated carbocycles. The summed E-state index contributed by atoms with van der Waals surface area (Å²) in [5.74, 6) is 2.41. The van der Waals surface area contributed by atoms with Crippen LogP contribution in [-0.4, -0.2) is 16.8 Å². The smallest absolute Gasteiger partial charge is 0.00187 e. The van der Waals surface area contributed by atoms with Crippen LogP contribution in [0.2, 0.25) is 0 Å². The molecule has 0 heterocycles. The highest BCUT2D eigenvalue weighted by atomic mass is 32.2. The van der Waals surface area contributed by atoms with Gasteiger partial charge in [-0.3, -0.25) is 0 Å². The Hall–Kier alpha value is 0.700. The van der Waals surface area contributed by atoms with Gasteiger partial charge in [0.1, 0.15) is 0 Å². The summed E-state index contributed by atoms with van der Waals surface area (Å²) in [4.78, 5) is 0. The lowest BCUT2D eigenvalue weighted by Gasteiger charge is -2.10. The largest absolute Gasteiger partial charge is 0.179 e. The molecule has 0 aromatic carbocycles. The third-order valence-corrected chi connectivity index (χ3v) is 4.06. The average molecular weight is 234 g/mol. The van der Waals surface area contributed by atoms with Crippen LogP contribution >= 0.6 is 24.4 Å². The fraction of sp³-hybridized carbons (Fsp3) is 1.00. The van der Waals surface area contributed by atoms with Gasteiger partial charge in [-0.25, -0.2) is 0 Å². The minimum Gasteiger partial charge on any atom is -0.179 e. The van der Waals surface area contributed by atoms with Crippen LogP contribution in [0.3, 0.4) is 0 Å². The fourth-order valence-corrected chi connectivity index (χ4v) is 2.77. The predicted molar refractivity (Wildman–Crippen MR) is 73.8 cm³/mol. The molecule has 0 amide bonds. The molecule has 0 rings (SSSR count). The highest BCUT2D eigenvalue weighted by molar-refractivity contribution is 7.99. The zero-order chi connectivity index (χ0) is 10.6. The Labute approximate surface area is 100 Å². The van der Waals surface area contributed by atoms with Gasteiger partial charge in [0.05, 0.1) is 0 Å². The van der Waals surface area contributed by atoms with Crippen LogP contribution in [0.5, 0.6) is 0 Å². The van der Waals surface area contributed by atoms with Crippen molar-refractivity contribution in [3.8, 4) is 0 Å². The van der Waals surface area contributed by atoms with Gasteiger partial charge in [0.15, 0.2) is 0 Å². The summed E-state index contributed by atoms with van der Waals surface area (Å²) in [6.45, 7) is 4.64. The van der Waals surface area contributed by atoms with Gasteiger partial charge >= 0.3 is 0 Å². The molecule has 0 radical (unpaired) electrons. The molecule has 0 N–H and O–H groups in total. The summed E-state index contributed by atoms with van der Waals surface area (Å²) in [5.41, 5.74) is 0. The van der Waals surface area contributed by atoms with Crippen molar-refractivity contribution < 1.29 is 0 Å². The molecule has 0 spiro atoms. The van der Waals surface area contributed by atoms with Crippen LogP contribution in [-0.2, 0) is 0 Å². The molecule has 0 bridgehead atoms. The van der Waals surface area contributed by atoms with Crippen LogP contribution in [0.15, 0.2) is 0 Å². The van der Waals surface area contributed by atoms with Gasteiger partial charge in [0, 0.05) is 5.25 Å². The molecule has 1 unspecified atom stereocenters. The third kappa shape index (κ3) is 10.8. The Bertz CT molecular complexity index is 104. The number of thioether (sulfide) groups is 1. The normalized spacial score (nSPS) is 13.1. The maximum atomic E-state index is 4.23. The van der Waals surface area contributed by atoms with E-state index in [-0.39, 0.29) is 0 Å². The Morgan fingerprint density at radius 1 is 1.07 bits per heavy atom. The van der Waals surface area contributed by atoms with Crippen LogP contribution < -0.4 is 0 Å². The quantitative estimate of drug-likeness (QED) is 0.419. The Balaban J connectivity index is 3.06. The fourth-order valence-electron chi connectivity index (χ4n) is 1.44. The second-order valence-corrected chi connectivity index (χ2v) is 5.95. The van der Waals surface area contributed by atoms with Gasteiger partial charge in [-0.2, -0.15) is 24.4 Å². The topological polar surface area (TPSA) is 0 Å². The van der Waals surface area contributed by atoms with Gasteiger partial charge in [-0.15, -0.1) is 0 Å². The SMILES string of the molecule is CCCCCCSC(C)CCCCS. The highest BCUT2D eigenvalue weighted by Crippen LogP contribution is 2.18. The molecule has 2 heteroatoms. The lowest BCUT2D eigenvalue weighted by molar-refractivity contribution is 0.699. The van der Waals surface area contributed by atoms with Crippen molar-refractivity contribution >= 4 is 24.4 Å². The molecule has 0 saturated heterocycles. The number of hydrogen-bond donors (Lipinski definition) is 1. The maximum absolute atomic E-state index is 4.23. The molecule has 86 valence electrons. The van der Waals surface area contributed by atoms with Crippen molar-refractivity contribution in [1.82, 2.24) is 0 Å². The number of thiol groups is 1. The molecule has 0 aliphatic rings. The zero-order valence-corrected chi connectivity index (χ0v) is 11.5. The standard InChI is InChI=1S/C12H26S2/c1-3-4-5-8-11-14-12(2)9-6-7-10-13/h12-13H,3-11H2,1-2H3. The van der Waals surface area contributed by atoms with Crippen LogP contribution in [0.25, 0.3) is 0 Å². The van der Waals surface area contributed by atoms with E-state index in [4.69, 9.17) is 0 Å². The molecule has 0 aromatic rings. The van der Waals surface area contributed by atoms with E-state index in [1.54, 1.807) is 0 Å². The van der Waals surface area contributed by atoms with E-state index in [1.807, 2.05) is 0 Å². The first kappa shape index (κ1) is 14.7. The third-order valence-electron chi connectivity index (χ3n) is 2.42. The minimum atomic E-state index is 0.858. The van der Waals surface area contributed by atoms with Crippen LogP contribution in [0.4, 0.5) is 0 Å². The summed E-state index contributed by atoms with van der Waals surface area (Å²) in [5, 5.41) is 0.858. The molecule has 14 heavy (non-hydrogen) atoms. The van der Waals surface area contributed by atoms with E-state index >= 15 is 0 Å². The zero-order valence-electron chi connectivity index (χ0n) is 9.80. The van der Waals surface area contributed by atoms with Crippen molar-refractivity contribution in [1.29, 1.82) is 0 Å². The molecular weight excluding hydrogens is 208 g/mol. The lowest BCUT2D eigenvalue weighted by Crippen LogP contribution is -1.98. The van der Waals surface area contributed by atoms with Crippen molar-refractivity contribution in [2.45, 2.75) is 64.0 Å². The molecule has 0 aliphatic carbocycles. The molecule has 1 atom stereocenters. The summed E-state index contributed by atoms with van der Waals surface area (Å²) < 4.78 is 0. The summed E-state index contributed by atoms with van der Waals surface area (Å²) >= 11 is 6.38. The Morgan fingerprint density at radius 2 is 1.86 bits per heavy atom. The summed E-state index contributed by atoms with van der Waals surface area (Å²) in [6.07, 6.45) is 9.61. The molecule has 0 nitrogen and oxygen atoms in total. The second-order valence-electron chi connectivity index (χ2n) is 3.96. The van der Waals surface area contributed by atoms with E-state index < -0.39 is 0 Å². The number of hydrogen-bond acceptors (Lipinski definition) is 2. The van der Waals surface area contributed by atoms with Gasteiger partial charge in [-0.05, 0) is 30.8 Å². The van der Waals surface area contributed by atoms with Gasteiger partial charge < -0.3 is 0 Å². The summed E-state index contributed by atoms with van der Waals surface area (Å²) in [7, 11) is 0. The first-order chi connectivity index (χ1) is 6.81. The number of unbranched alkanes of at least 4 members (excludes halogenated alkanes) is 4. The van der Waals surface area contributed by atoms with Crippen LogP contribution in [0, 0.1) is 0 Å². The Morgan fingerprint density at radius 3 is 2.50 bits per heavy atom. The van der Waals surface area contributed by atoms with Crippen molar-refractivity contribution in [3.05, 3.63) is 0 Å². The number of rotatable bonds is 10. The van der Waals surface area contributed by atoms with Crippen molar-refractivity contribution in [2.75, 3.05) is 11.5 Å². The van der Waals surface area contributed by atoms with Crippen molar-refractivity contribution in [3.63, 3.8) is 0 Å². The van der Waals surface area contributed by atoms with E-state index in [0.29, 0.717) is 0 Å². The molecule has 0 aliphatic heterocycles. The first-order valence-electron chi connectivity index (χ1n) is 6.03. The second kappa shape index (κ2) is 11.8. The predicted octanol–water partition coefficient (Wildman–Crippen LogP) is 4.79. The highest BCUT2D eigenvalue weighted by Gasteiger charge is 2.01. The first-order valence-corrected chi connectivity index (χ1v) is 7.71. The van der Waals surface area contributed by atoms with E-state index in [9.17, 15) is 0 Å². The van der Waals surface area contributed by atoms with Crippen LogP contribution in [0.1, 0.15) is 58.8 Å². The van der Waals surface area contributed by atoms with Gasteiger partial charge in [0.25, 0.3) is 0 Å². The molecular formula is C12H26S2. The monoisotopic (exact) mass is 234 g/mol. The van der Waals surface area contributed by atoms with Crippen molar-refractivity contribution in [2.24, 2.45) is 0 Å². The van der Waals surface area contributed by atoms with Gasteiger partial charge in [-0.1, -0.05) is 39.5 Å². The summed E-state index contributed by atoms with van der Waals surface area (Å²) in [6, 6.07) is 0. The van der Waals surface area contributed by atoms with E-state index in [0.717, 1.165) is 11.0 Å². The average Bonchev–Trinajstić information content (AvgIpc) is 2.18. The van der Waals surface area contributed by atoms with E-state index in [2.05, 4.69) is 38.2 Å². The molecule has 0 aromatic heterocycles. The Kier molecular flexibility index (Phi) is 12.4. The van der Waals surface area contributed by atoms with E-state index in [1.165, 1.54) is 50.7 Å².